The fraction of sp³-hybridized carbons (Fsp3) is 0.615. The summed E-state index contributed by atoms with van der Waals surface area (Å²) in [6, 6.07) is 1.41. The number of amides is 2. The van der Waals surface area contributed by atoms with Crippen molar-refractivity contribution in [2.45, 2.75) is 38.6 Å². The zero-order valence-electron chi connectivity index (χ0n) is 12.1. The number of aryl methyl sites for hydroxylation is 1. The van der Waals surface area contributed by atoms with Crippen LogP contribution < -0.4 is 10.6 Å². The lowest BCUT2D eigenvalue weighted by Crippen LogP contribution is -2.55. The van der Waals surface area contributed by atoms with E-state index < -0.39 is 17.5 Å². The lowest BCUT2D eigenvalue weighted by Gasteiger charge is -2.25. The molecule has 0 aliphatic carbocycles. The average Bonchev–Trinajstić information content (AvgIpc) is 2.75. The molecule has 1 unspecified atom stereocenters. The third kappa shape index (κ3) is 4.25. The number of carboxylic acid groups (broad SMARTS) is 1. The SMILES string of the molecule is CCCC(C)(NC(=O)NCCc1ccnn1C)C(=O)O. The molecule has 1 atom stereocenters. The van der Waals surface area contributed by atoms with Gasteiger partial charge in [0.25, 0.3) is 0 Å². The summed E-state index contributed by atoms with van der Waals surface area (Å²) in [5, 5.41) is 18.4. The van der Waals surface area contributed by atoms with E-state index in [1.807, 2.05) is 20.0 Å². The fourth-order valence-electron chi connectivity index (χ4n) is 1.97. The van der Waals surface area contributed by atoms with Gasteiger partial charge in [0.1, 0.15) is 5.54 Å². The van der Waals surface area contributed by atoms with Crippen LogP contribution in [0.1, 0.15) is 32.4 Å². The van der Waals surface area contributed by atoms with E-state index in [9.17, 15) is 14.7 Å². The van der Waals surface area contributed by atoms with Gasteiger partial charge in [-0.3, -0.25) is 4.68 Å². The summed E-state index contributed by atoms with van der Waals surface area (Å²) in [6.07, 6.45) is 3.40. The predicted molar refractivity (Wildman–Crippen MR) is 74.4 cm³/mol. The predicted octanol–water partition coefficient (Wildman–Crippen LogP) is 0.905. The zero-order chi connectivity index (χ0) is 15.2. The van der Waals surface area contributed by atoms with Crippen LogP contribution in [0.15, 0.2) is 12.3 Å². The first-order chi connectivity index (χ1) is 9.39. The fourth-order valence-corrected chi connectivity index (χ4v) is 1.97. The number of carbonyl (C=O) groups is 2. The molecule has 0 radical (unpaired) electrons. The molecule has 0 aliphatic rings. The van der Waals surface area contributed by atoms with Gasteiger partial charge in [-0.2, -0.15) is 5.10 Å². The Labute approximate surface area is 118 Å². The third-order valence-corrected chi connectivity index (χ3v) is 3.20. The molecule has 0 fully saturated rings. The average molecular weight is 282 g/mol. The molecule has 0 saturated heterocycles. The second kappa shape index (κ2) is 6.93. The number of carboxylic acids is 1. The number of aliphatic carboxylic acids is 1. The molecule has 7 nitrogen and oxygen atoms in total. The molecule has 2 amide bonds. The van der Waals surface area contributed by atoms with Gasteiger partial charge in [-0.15, -0.1) is 0 Å². The van der Waals surface area contributed by atoms with E-state index in [1.165, 1.54) is 6.92 Å². The Morgan fingerprint density at radius 2 is 2.20 bits per heavy atom. The van der Waals surface area contributed by atoms with E-state index in [2.05, 4.69) is 15.7 Å². The molecule has 0 saturated carbocycles. The number of hydrogen-bond acceptors (Lipinski definition) is 3. The first-order valence-electron chi connectivity index (χ1n) is 6.65. The van der Waals surface area contributed by atoms with Crippen LogP contribution in [-0.4, -0.2) is 39.0 Å². The maximum absolute atomic E-state index is 11.7. The van der Waals surface area contributed by atoms with E-state index in [1.54, 1.807) is 10.9 Å². The van der Waals surface area contributed by atoms with Crippen molar-refractivity contribution >= 4 is 12.0 Å². The number of hydrogen-bond donors (Lipinski definition) is 3. The molecule has 1 aromatic heterocycles. The summed E-state index contributed by atoms with van der Waals surface area (Å²) in [7, 11) is 1.83. The van der Waals surface area contributed by atoms with Crippen LogP contribution in [0.4, 0.5) is 4.79 Å². The van der Waals surface area contributed by atoms with E-state index in [0.29, 0.717) is 25.8 Å². The van der Waals surface area contributed by atoms with Crippen LogP contribution in [0.25, 0.3) is 0 Å². The second-order valence-corrected chi connectivity index (χ2v) is 4.96. The van der Waals surface area contributed by atoms with Gasteiger partial charge >= 0.3 is 12.0 Å². The number of nitrogens with zero attached hydrogens (tertiary/aromatic N) is 2. The van der Waals surface area contributed by atoms with Crippen molar-refractivity contribution in [3.63, 3.8) is 0 Å². The quantitative estimate of drug-likeness (QED) is 0.692. The molecule has 7 heteroatoms. The van der Waals surface area contributed by atoms with E-state index in [0.717, 1.165) is 5.69 Å². The molecule has 0 spiro atoms. The van der Waals surface area contributed by atoms with Crippen molar-refractivity contribution in [2.24, 2.45) is 7.05 Å². The lowest BCUT2D eigenvalue weighted by atomic mass is 9.97. The molecule has 112 valence electrons. The molecule has 20 heavy (non-hydrogen) atoms. The highest BCUT2D eigenvalue weighted by molar-refractivity contribution is 5.85. The Hall–Kier alpha value is -2.05. The van der Waals surface area contributed by atoms with Crippen LogP contribution in [0, 0.1) is 0 Å². The highest BCUT2D eigenvalue weighted by Crippen LogP contribution is 2.12. The largest absolute Gasteiger partial charge is 0.480 e. The number of aromatic nitrogens is 2. The molecule has 3 N–H and O–H groups in total. The summed E-state index contributed by atoms with van der Waals surface area (Å²) in [5.41, 5.74) is -0.231. The minimum Gasteiger partial charge on any atom is -0.480 e. The Morgan fingerprint density at radius 1 is 1.50 bits per heavy atom. The topological polar surface area (TPSA) is 96.3 Å². The van der Waals surface area contributed by atoms with Gasteiger partial charge in [0.15, 0.2) is 0 Å². The maximum Gasteiger partial charge on any atom is 0.329 e. The smallest absolute Gasteiger partial charge is 0.329 e. The third-order valence-electron chi connectivity index (χ3n) is 3.20. The van der Waals surface area contributed by atoms with Crippen LogP contribution in [0.2, 0.25) is 0 Å². The van der Waals surface area contributed by atoms with E-state index in [4.69, 9.17) is 0 Å². The Kier molecular flexibility index (Phi) is 5.54. The molecular formula is C13H22N4O3. The van der Waals surface area contributed by atoms with Gasteiger partial charge in [-0.1, -0.05) is 13.3 Å². The first-order valence-corrected chi connectivity index (χ1v) is 6.65. The summed E-state index contributed by atoms with van der Waals surface area (Å²) in [5.74, 6) is -1.03. The van der Waals surface area contributed by atoms with Crippen molar-refractivity contribution in [3.8, 4) is 0 Å². The van der Waals surface area contributed by atoms with Crippen LogP contribution in [-0.2, 0) is 18.3 Å². The van der Waals surface area contributed by atoms with Crippen molar-refractivity contribution in [2.75, 3.05) is 6.54 Å². The summed E-state index contributed by atoms with van der Waals surface area (Å²) < 4.78 is 1.73. The minimum absolute atomic E-state index is 0.386. The molecule has 1 aromatic rings. The van der Waals surface area contributed by atoms with Crippen molar-refractivity contribution in [1.82, 2.24) is 20.4 Å². The summed E-state index contributed by atoms with van der Waals surface area (Å²) >= 11 is 0. The van der Waals surface area contributed by atoms with Gasteiger partial charge in [0, 0.05) is 31.9 Å². The van der Waals surface area contributed by atoms with E-state index in [-0.39, 0.29) is 0 Å². The van der Waals surface area contributed by atoms with E-state index >= 15 is 0 Å². The van der Waals surface area contributed by atoms with Gasteiger partial charge in [0.05, 0.1) is 0 Å². The minimum atomic E-state index is -1.23. The van der Waals surface area contributed by atoms with Crippen LogP contribution >= 0.6 is 0 Å². The lowest BCUT2D eigenvalue weighted by molar-refractivity contribution is -0.144. The maximum atomic E-state index is 11.7. The highest BCUT2D eigenvalue weighted by atomic mass is 16.4. The van der Waals surface area contributed by atoms with Crippen molar-refractivity contribution in [1.29, 1.82) is 0 Å². The molecule has 0 aromatic carbocycles. The Morgan fingerprint density at radius 3 is 2.70 bits per heavy atom. The molecule has 0 bridgehead atoms. The Bertz CT molecular complexity index is 472. The molecular weight excluding hydrogens is 260 g/mol. The molecule has 0 aliphatic heterocycles. The van der Waals surface area contributed by atoms with Crippen molar-refractivity contribution in [3.05, 3.63) is 18.0 Å². The molecule has 1 rings (SSSR count). The standard InChI is InChI=1S/C13H22N4O3/c1-4-7-13(2,11(18)19)16-12(20)14-8-5-10-6-9-15-17(10)3/h6,9H,4-5,7-8H2,1-3H3,(H,18,19)(H2,14,16,20). The first kappa shape index (κ1) is 16.0. The van der Waals surface area contributed by atoms with Crippen LogP contribution in [0.5, 0.6) is 0 Å². The van der Waals surface area contributed by atoms with Gasteiger partial charge in [-0.05, 0) is 19.4 Å². The second-order valence-electron chi connectivity index (χ2n) is 4.96. The summed E-state index contributed by atoms with van der Waals surface area (Å²) in [6.45, 7) is 3.82. The number of carbonyl (C=O) groups excluding carboxylic acids is 1. The van der Waals surface area contributed by atoms with Gasteiger partial charge in [0.2, 0.25) is 0 Å². The van der Waals surface area contributed by atoms with Crippen molar-refractivity contribution < 1.29 is 14.7 Å². The van der Waals surface area contributed by atoms with Crippen LogP contribution in [0.3, 0.4) is 0 Å². The number of urea groups is 1. The normalized spacial score (nSPS) is 13.6. The number of rotatable bonds is 7. The Balaban J connectivity index is 2.43. The zero-order valence-corrected chi connectivity index (χ0v) is 12.1. The summed E-state index contributed by atoms with van der Waals surface area (Å²) in [4.78, 5) is 22.9. The highest BCUT2D eigenvalue weighted by Gasteiger charge is 2.33. The van der Waals surface area contributed by atoms with Gasteiger partial charge < -0.3 is 15.7 Å². The molecule has 1 heterocycles. The monoisotopic (exact) mass is 282 g/mol. The van der Waals surface area contributed by atoms with Gasteiger partial charge in [-0.25, -0.2) is 9.59 Å². The number of nitrogens with one attached hydrogen (secondary N) is 2.